The van der Waals surface area contributed by atoms with Crippen molar-refractivity contribution in [3.05, 3.63) is 41.5 Å². The first-order valence-electron chi connectivity index (χ1n) is 5.32. The molecule has 24 heavy (non-hydrogen) atoms. The Balaban J connectivity index is 0. The van der Waals surface area contributed by atoms with E-state index in [9.17, 15) is 13.2 Å². The molecule has 0 spiro atoms. The van der Waals surface area contributed by atoms with E-state index in [4.69, 9.17) is 39.5 Å². The zero-order chi connectivity index (χ0) is 19.4. The van der Waals surface area contributed by atoms with E-state index in [2.05, 4.69) is 0 Å². The minimum Gasteiger partial charge on any atom is -0.279 e. The number of nitrogens with zero attached hydrogens (tertiary/aromatic N) is 5. The van der Waals surface area contributed by atoms with E-state index >= 15 is 0 Å². The van der Waals surface area contributed by atoms with Crippen LogP contribution in [0.25, 0.3) is 5.57 Å². The Kier molecular flexibility index (Phi) is 9.80. The van der Waals surface area contributed by atoms with Crippen LogP contribution in [-0.4, -0.2) is 18.5 Å². The van der Waals surface area contributed by atoms with Crippen molar-refractivity contribution in [2.45, 2.75) is 5.51 Å². The molecule has 0 saturated heterocycles. The highest BCUT2D eigenvalue weighted by Crippen LogP contribution is 2.20. The van der Waals surface area contributed by atoms with Gasteiger partial charge < -0.3 is 0 Å². The Morgan fingerprint density at radius 1 is 0.958 bits per heavy atom. The van der Waals surface area contributed by atoms with Crippen molar-refractivity contribution in [2.75, 3.05) is 0 Å². The van der Waals surface area contributed by atoms with Gasteiger partial charge in [0.2, 0.25) is 0 Å². The summed E-state index contributed by atoms with van der Waals surface area (Å²) in [5, 5.41) is 38.0. The molecule has 0 saturated carbocycles. The molecule has 0 radical (unpaired) electrons. The maximum atomic E-state index is 10.7. The van der Waals surface area contributed by atoms with Crippen LogP contribution in [0.2, 0.25) is 0 Å². The number of halogens is 3. The molecule has 0 amide bonds. The summed E-state index contributed by atoms with van der Waals surface area (Å²) in [5.74, 6) is 0. The fourth-order valence-electron chi connectivity index (χ4n) is 1.01. The molecule has 124 valence electrons. The summed E-state index contributed by atoms with van der Waals surface area (Å²) in [4.78, 5) is 0. The van der Waals surface area contributed by atoms with Gasteiger partial charge in [0.15, 0.2) is 0 Å². The van der Waals surface area contributed by atoms with Gasteiger partial charge in [-0.3, -0.25) is 4.55 Å². The lowest BCUT2D eigenvalue weighted by molar-refractivity contribution is -0.0510. The van der Waals surface area contributed by atoms with Gasteiger partial charge in [0.25, 0.3) is 0 Å². The molecule has 8 nitrogen and oxygen atoms in total. The maximum absolute atomic E-state index is 10.7. The molecule has 0 unspecified atom stereocenters. The van der Waals surface area contributed by atoms with Crippen molar-refractivity contribution in [1.82, 2.24) is 0 Å². The highest BCUT2D eigenvalue weighted by atomic mass is 32.2. The number of alkyl halides is 3. The molecule has 0 aliphatic rings. The minimum atomic E-state index is -5.84. The third-order valence-corrected chi connectivity index (χ3v) is 2.53. The maximum Gasteiger partial charge on any atom is 0.522 e. The molecule has 12 heteroatoms. The number of allylic oxidation sites excluding steroid dienone is 2. The van der Waals surface area contributed by atoms with Crippen LogP contribution < -0.4 is 0 Å². The lowest BCUT2D eigenvalue weighted by Gasteiger charge is -1.97. The first kappa shape index (κ1) is 22.8. The topological polar surface area (TPSA) is 173 Å². The summed E-state index contributed by atoms with van der Waals surface area (Å²) in [6, 6.07) is 13.9. The van der Waals surface area contributed by atoms with Crippen LogP contribution in [0, 0.1) is 44.8 Å². The van der Waals surface area contributed by atoms with Gasteiger partial charge in [-0.2, -0.15) is 37.4 Å². The fraction of sp³-hybridized carbons (Fsp3) is 0.0833. The summed E-state index contributed by atoms with van der Waals surface area (Å²) < 4.78 is 57.5. The molecular weight excluding hydrogens is 351 g/mol. The number of rotatable bonds is 1. The molecular formula is C12H6F3N5O3S. The Bertz CT molecular complexity index is 809. The normalized spacial score (nSPS) is 9.29. The van der Waals surface area contributed by atoms with Crippen LogP contribution >= 0.6 is 0 Å². The Morgan fingerprint density at radius 2 is 1.33 bits per heavy atom. The molecule has 0 atom stereocenters. The smallest absolute Gasteiger partial charge is 0.279 e. The van der Waals surface area contributed by atoms with E-state index < -0.39 is 15.6 Å². The zero-order valence-electron chi connectivity index (χ0n) is 11.4. The van der Waals surface area contributed by atoms with E-state index in [1.54, 1.807) is 42.5 Å². The van der Waals surface area contributed by atoms with Crippen molar-refractivity contribution >= 4 is 15.7 Å². The fourth-order valence-corrected chi connectivity index (χ4v) is 1.01. The van der Waals surface area contributed by atoms with Gasteiger partial charge >= 0.3 is 15.6 Å². The molecule has 1 aromatic carbocycles. The summed E-state index contributed by atoms with van der Waals surface area (Å²) in [5.41, 5.74) is -4.98. The van der Waals surface area contributed by atoms with Crippen molar-refractivity contribution in [2.24, 2.45) is 0 Å². The third kappa shape index (κ3) is 7.53. The minimum absolute atomic E-state index is 0.121. The van der Waals surface area contributed by atoms with Gasteiger partial charge in [-0.05, 0) is 5.56 Å². The summed E-state index contributed by atoms with van der Waals surface area (Å²) in [6.07, 6.45) is 0. The molecule has 1 N–H and O–H groups in total. The summed E-state index contributed by atoms with van der Waals surface area (Å²) in [6.45, 7) is 0. The Morgan fingerprint density at radius 3 is 1.58 bits per heavy atom. The largest absolute Gasteiger partial charge is 0.522 e. The number of nitriles is 3. The Labute approximate surface area is 134 Å². The summed E-state index contributed by atoms with van der Waals surface area (Å²) in [7, 11) is -5.84. The van der Waals surface area contributed by atoms with E-state index in [0.717, 1.165) is 0 Å². The average Bonchev–Trinajstić information content (AvgIpc) is 2.54. The van der Waals surface area contributed by atoms with Crippen LogP contribution in [0.4, 0.5) is 13.2 Å². The van der Waals surface area contributed by atoms with Crippen LogP contribution in [-0.2, 0) is 10.1 Å². The SMILES string of the molecule is N#CC(C#N)=C(C#N)c1ccccc1.N#N.O=S(=O)(O)C(F)(F)F. The van der Waals surface area contributed by atoms with Crippen molar-refractivity contribution in [3.63, 3.8) is 0 Å². The molecule has 0 aliphatic carbocycles. The van der Waals surface area contributed by atoms with E-state index in [0.29, 0.717) is 5.56 Å². The highest BCUT2D eigenvalue weighted by molar-refractivity contribution is 7.86. The quantitative estimate of drug-likeness (QED) is 0.345. The number of hydrogen-bond acceptors (Lipinski definition) is 7. The van der Waals surface area contributed by atoms with Crippen LogP contribution in [0.5, 0.6) is 0 Å². The van der Waals surface area contributed by atoms with Gasteiger partial charge in [0.1, 0.15) is 23.8 Å². The molecule has 0 fully saturated rings. The second-order valence-corrected chi connectivity index (χ2v) is 4.79. The van der Waals surface area contributed by atoms with Crippen LogP contribution in [0.3, 0.4) is 0 Å². The second kappa shape index (κ2) is 10.3. The molecule has 1 aromatic rings. The Hall–Kier alpha value is -3.45. The first-order valence-corrected chi connectivity index (χ1v) is 6.76. The molecule has 0 aromatic heterocycles. The monoisotopic (exact) mass is 357 g/mol. The predicted octanol–water partition coefficient (Wildman–Crippen LogP) is 2.44. The van der Waals surface area contributed by atoms with Crippen LogP contribution in [0.1, 0.15) is 5.56 Å². The van der Waals surface area contributed by atoms with Gasteiger partial charge in [-0.25, -0.2) is 0 Å². The van der Waals surface area contributed by atoms with Gasteiger partial charge in [0.05, 0.1) is 5.57 Å². The van der Waals surface area contributed by atoms with E-state index in [1.165, 1.54) is 0 Å². The molecule has 0 heterocycles. The zero-order valence-corrected chi connectivity index (χ0v) is 12.2. The highest BCUT2D eigenvalue weighted by Gasteiger charge is 2.44. The molecule has 0 aliphatic heterocycles. The van der Waals surface area contributed by atoms with Crippen molar-refractivity contribution in [3.8, 4) is 18.2 Å². The van der Waals surface area contributed by atoms with Crippen LogP contribution in [0.15, 0.2) is 35.9 Å². The molecule has 1 rings (SSSR count). The average molecular weight is 357 g/mol. The summed E-state index contributed by atoms with van der Waals surface area (Å²) >= 11 is 0. The predicted molar refractivity (Wildman–Crippen MR) is 71.3 cm³/mol. The lowest BCUT2D eigenvalue weighted by Crippen LogP contribution is -2.21. The van der Waals surface area contributed by atoms with E-state index in [1.807, 2.05) is 6.07 Å². The molecule has 0 bridgehead atoms. The van der Waals surface area contributed by atoms with E-state index in [-0.39, 0.29) is 11.1 Å². The standard InChI is InChI=1S/C11H5N3.CHF3O3S.N2/c12-6-10(7-13)11(8-14)9-4-2-1-3-5-9;2-1(3,4)8(5,6)7;1-2/h1-5H;(H,5,6,7);. The van der Waals surface area contributed by atoms with Gasteiger partial charge in [-0.15, -0.1) is 0 Å². The second-order valence-electron chi connectivity index (χ2n) is 3.37. The van der Waals surface area contributed by atoms with Crippen molar-refractivity contribution < 1.29 is 26.1 Å². The van der Waals surface area contributed by atoms with Gasteiger partial charge in [-0.1, -0.05) is 30.3 Å². The lowest BCUT2D eigenvalue weighted by atomic mass is 10.0. The van der Waals surface area contributed by atoms with Gasteiger partial charge in [0, 0.05) is 10.8 Å². The first-order chi connectivity index (χ1) is 11.1. The number of benzene rings is 1. The third-order valence-electron chi connectivity index (χ3n) is 1.94. The van der Waals surface area contributed by atoms with Crippen molar-refractivity contribution in [1.29, 1.82) is 26.6 Å². The number of hydrogen-bond donors (Lipinski definition) is 1.